The van der Waals surface area contributed by atoms with Crippen LogP contribution in [-0.2, 0) is 41.1 Å². The van der Waals surface area contributed by atoms with E-state index < -0.39 is 0 Å². The Morgan fingerprint density at radius 1 is 1.00 bits per heavy atom. The molecule has 0 spiro atoms. The van der Waals surface area contributed by atoms with Gasteiger partial charge in [0.1, 0.15) is 0 Å². The van der Waals surface area contributed by atoms with E-state index in [2.05, 4.69) is 0 Å². The predicted octanol–water partition coefficient (Wildman–Crippen LogP) is -0.0657. The van der Waals surface area contributed by atoms with Gasteiger partial charge < -0.3 is 5.48 Å². The maximum absolute atomic E-state index is 0. The number of hydrogen-bond acceptors (Lipinski definition) is 0. The van der Waals surface area contributed by atoms with Crippen molar-refractivity contribution < 1.29 is 41.1 Å². The standard InChI is InChI=1S/Mn.O.H3P.V/h;;1H3;/q+2;-2;;. The molecule has 4 heteroatoms. The van der Waals surface area contributed by atoms with Crippen molar-refractivity contribution in [2.75, 3.05) is 0 Å². The molecule has 0 aromatic heterocycles. The first kappa shape index (κ1) is 49.7. The molecule has 0 bridgehead atoms. The van der Waals surface area contributed by atoms with E-state index >= 15 is 0 Å². The van der Waals surface area contributed by atoms with Crippen LogP contribution < -0.4 is 0 Å². The van der Waals surface area contributed by atoms with Crippen molar-refractivity contribution in [2.24, 2.45) is 0 Å². The van der Waals surface area contributed by atoms with Gasteiger partial charge in [-0.15, -0.1) is 0 Å². The van der Waals surface area contributed by atoms with Gasteiger partial charge in [-0.2, -0.15) is 9.90 Å². The first-order valence-corrected chi connectivity index (χ1v) is 0. The Balaban J connectivity index is 0. The molecule has 1 atom stereocenters. The Morgan fingerprint density at radius 3 is 1.00 bits per heavy atom. The summed E-state index contributed by atoms with van der Waals surface area (Å²) >= 11 is 0. The van der Waals surface area contributed by atoms with Gasteiger partial charge in [-0.25, -0.2) is 0 Å². The van der Waals surface area contributed by atoms with Gasteiger partial charge in [0.2, 0.25) is 0 Å². The molecule has 0 aliphatic heterocycles. The molecular weight excluding hydrogens is 153 g/mol. The molecular formula is H3MnOPV. The molecule has 1 unspecified atom stereocenters. The molecule has 0 amide bonds. The summed E-state index contributed by atoms with van der Waals surface area (Å²) in [6, 6.07) is 0. The van der Waals surface area contributed by atoms with E-state index in [1.807, 2.05) is 0 Å². The third-order valence-corrected chi connectivity index (χ3v) is 0. The van der Waals surface area contributed by atoms with Gasteiger partial charge in [0, 0.05) is 18.6 Å². The van der Waals surface area contributed by atoms with Crippen molar-refractivity contribution in [3.63, 3.8) is 0 Å². The Labute approximate surface area is 51.2 Å². The van der Waals surface area contributed by atoms with Gasteiger partial charge in [0.25, 0.3) is 0 Å². The van der Waals surface area contributed by atoms with E-state index in [-0.39, 0.29) is 51.0 Å². The van der Waals surface area contributed by atoms with E-state index in [0.29, 0.717) is 0 Å². The fraction of sp³-hybridized carbons (Fsp3) is 0. The minimum atomic E-state index is 0. The van der Waals surface area contributed by atoms with Gasteiger partial charge in [0.05, 0.1) is 0 Å². The molecule has 0 fully saturated rings. The van der Waals surface area contributed by atoms with Gasteiger partial charge in [-0.3, -0.25) is 0 Å². The van der Waals surface area contributed by atoms with Crippen LogP contribution in [0.1, 0.15) is 0 Å². The fourth-order valence-corrected chi connectivity index (χ4v) is 0. The van der Waals surface area contributed by atoms with Crippen molar-refractivity contribution >= 4 is 9.90 Å². The molecule has 0 aromatic carbocycles. The summed E-state index contributed by atoms with van der Waals surface area (Å²) in [6.45, 7) is 0. The van der Waals surface area contributed by atoms with Crippen LogP contribution in [0, 0.1) is 0 Å². The molecule has 0 aliphatic carbocycles. The second-order valence-corrected chi connectivity index (χ2v) is 0. The van der Waals surface area contributed by atoms with Crippen LogP contribution in [0.15, 0.2) is 0 Å². The molecule has 0 saturated carbocycles. The van der Waals surface area contributed by atoms with Crippen molar-refractivity contribution in [2.45, 2.75) is 0 Å². The van der Waals surface area contributed by atoms with Crippen molar-refractivity contribution in [3.05, 3.63) is 0 Å². The van der Waals surface area contributed by atoms with E-state index in [1.165, 1.54) is 0 Å². The third kappa shape index (κ3) is 9.74. The Bertz CT molecular complexity index is 8.00. The molecule has 0 aliphatic rings. The van der Waals surface area contributed by atoms with Crippen LogP contribution in [0.25, 0.3) is 0 Å². The molecule has 0 saturated heterocycles. The van der Waals surface area contributed by atoms with Crippen LogP contribution in [0.3, 0.4) is 0 Å². The Morgan fingerprint density at radius 2 is 1.00 bits per heavy atom. The summed E-state index contributed by atoms with van der Waals surface area (Å²) < 4.78 is 0. The molecule has 0 rings (SSSR count). The van der Waals surface area contributed by atoms with E-state index in [4.69, 9.17) is 0 Å². The van der Waals surface area contributed by atoms with Crippen LogP contribution in [0.4, 0.5) is 0 Å². The summed E-state index contributed by atoms with van der Waals surface area (Å²) in [4.78, 5) is 0. The summed E-state index contributed by atoms with van der Waals surface area (Å²) in [6.07, 6.45) is 0. The summed E-state index contributed by atoms with van der Waals surface area (Å²) in [5.41, 5.74) is 0. The zero-order chi connectivity index (χ0) is 0. The first-order valence-electron chi connectivity index (χ1n) is 0. The number of rotatable bonds is 0. The predicted molar refractivity (Wildman–Crippen MR) is 11.8 cm³/mol. The van der Waals surface area contributed by atoms with Crippen molar-refractivity contribution in [1.29, 1.82) is 0 Å². The van der Waals surface area contributed by atoms with Gasteiger partial charge in [0.15, 0.2) is 0 Å². The van der Waals surface area contributed by atoms with Crippen molar-refractivity contribution in [3.8, 4) is 0 Å². The zero-order valence-corrected chi connectivity index (χ0v) is 5.93. The Kier molecular flexibility index (Phi) is 306. The molecule has 2 radical (unpaired) electrons. The average Bonchev–Trinajstić information content (AvgIpc) is 0. The molecule has 4 heavy (non-hydrogen) atoms. The van der Waals surface area contributed by atoms with E-state index in [0.717, 1.165) is 0 Å². The molecule has 0 N–H and O–H groups in total. The van der Waals surface area contributed by atoms with Crippen LogP contribution >= 0.6 is 9.90 Å². The minimum Gasteiger partial charge on any atom is -2.00 e. The minimum absolute atomic E-state index is 0. The quantitative estimate of drug-likeness (QED) is 0.347. The van der Waals surface area contributed by atoms with Crippen LogP contribution in [-0.4, -0.2) is 0 Å². The monoisotopic (exact) mass is 156 g/mol. The maximum atomic E-state index is 0. The molecule has 26 valence electrons. The van der Waals surface area contributed by atoms with Crippen molar-refractivity contribution in [1.82, 2.24) is 0 Å². The topological polar surface area (TPSA) is 28.5 Å². The molecule has 0 aromatic rings. The second-order valence-electron chi connectivity index (χ2n) is 0. The fourth-order valence-electron chi connectivity index (χ4n) is 0. The smallest absolute Gasteiger partial charge is 2.00 e. The molecule has 0 heterocycles. The summed E-state index contributed by atoms with van der Waals surface area (Å²) in [5.74, 6) is 0. The van der Waals surface area contributed by atoms with Crippen LogP contribution in [0.5, 0.6) is 0 Å². The third-order valence-electron chi connectivity index (χ3n) is 0. The number of hydrogen-bond donors (Lipinski definition) is 0. The van der Waals surface area contributed by atoms with Gasteiger partial charge in [-0.05, 0) is 0 Å². The second kappa shape index (κ2) is 24.6. The SMILES string of the molecule is P.[Mn+2].[O-2].[V]. The largest absolute Gasteiger partial charge is 2.00 e. The summed E-state index contributed by atoms with van der Waals surface area (Å²) in [5, 5.41) is 0. The summed E-state index contributed by atoms with van der Waals surface area (Å²) in [7, 11) is 0. The van der Waals surface area contributed by atoms with E-state index in [1.54, 1.807) is 0 Å². The van der Waals surface area contributed by atoms with Gasteiger partial charge >= 0.3 is 17.1 Å². The van der Waals surface area contributed by atoms with Crippen LogP contribution in [0.2, 0.25) is 0 Å². The molecule has 1 nitrogen and oxygen atoms in total. The average molecular weight is 156 g/mol. The normalized spacial score (nSPS) is 0. The Hall–Kier alpha value is 1.49. The first-order chi connectivity index (χ1) is 0. The van der Waals surface area contributed by atoms with Gasteiger partial charge in [-0.1, -0.05) is 0 Å². The van der Waals surface area contributed by atoms with E-state index in [9.17, 15) is 0 Å². The zero-order valence-electron chi connectivity index (χ0n) is 1.94. The maximum Gasteiger partial charge on any atom is 2.00 e.